The Balaban J connectivity index is 0.000000487. The van der Waals surface area contributed by atoms with Gasteiger partial charge in [0.2, 0.25) is 0 Å². The molecule has 360 valence electrons. The molecule has 1 aromatic rings. The zero-order chi connectivity index (χ0) is 48.8. The van der Waals surface area contributed by atoms with Gasteiger partial charge in [0, 0.05) is 31.5 Å². The largest absolute Gasteiger partial charge is 0.335 e. The predicted molar refractivity (Wildman–Crippen MR) is 222 cm³/mol. The molecule has 0 bridgehead atoms. The first-order valence-corrected chi connectivity index (χ1v) is 28.8. The van der Waals surface area contributed by atoms with E-state index in [1.807, 2.05) is 20.8 Å². The molecule has 4 rings (SSSR count). The molecule has 0 aromatic heterocycles. The van der Waals surface area contributed by atoms with Crippen molar-refractivity contribution < 1.29 is 79.0 Å². The van der Waals surface area contributed by atoms with Gasteiger partial charge in [0.1, 0.15) is 0 Å². The summed E-state index contributed by atoms with van der Waals surface area (Å²) in [4.78, 5) is 100. The fraction of sp³-hybridized carbons (Fsp3) is 0.581. The summed E-state index contributed by atoms with van der Waals surface area (Å²) < 4.78 is 102. The summed E-state index contributed by atoms with van der Waals surface area (Å²) >= 11 is -4.01. The van der Waals surface area contributed by atoms with E-state index in [4.69, 9.17) is 4.74 Å². The smallest absolute Gasteiger partial charge is 0.330 e. The summed E-state index contributed by atoms with van der Waals surface area (Å²) in [6, 6.07) is 3.88. The summed E-state index contributed by atoms with van der Waals surface area (Å²) in [6.07, 6.45) is -3.59. The monoisotopic (exact) mass is 1040 g/mol. The van der Waals surface area contributed by atoms with Crippen LogP contribution in [0.15, 0.2) is 42.5 Å². The summed E-state index contributed by atoms with van der Waals surface area (Å²) in [5.74, 6) is -4.71. The molecule has 65 heavy (non-hydrogen) atoms. The molecule has 1 fully saturated rings. The third kappa shape index (κ3) is 13.7. The molecule has 15 nitrogen and oxygen atoms in total. The Bertz CT molecular complexity index is 1900. The number of nitrogens with zero attached hydrogens (tertiary/aromatic N) is 4. The Kier molecular flexibility index (Phi) is 20.4. The molecular formula is C43H56F6N4O11Sn. The Morgan fingerprint density at radius 3 is 1.57 bits per heavy atom. The number of hydroxylamine groups is 2. The van der Waals surface area contributed by atoms with E-state index < -0.39 is 96.0 Å². The fourth-order valence-corrected chi connectivity index (χ4v) is 24.5. The van der Waals surface area contributed by atoms with Crippen molar-refractivity contribution in [2.24, 2.45) is 0 Å². The maximum atomic E-state index is 15.0. The average molecular weight is 1040 g/mol. The minimum Gasteiger partial charge on any atom is -0.330 e. The molecule has 3 aliphatic rings. The van der Waals surface area contributed by atoms with Crippen molar-refractivity contribution >= 4 is 69.3 Å². The van der Waals surface area contributed by atoms with Crippen LogP contribution in [0.3, 0.4) is 0 Å². The normalized spacial score (nSPS) is 15.7. The molecule has 1 saturated heterocycles. The van der Waals surface area contributed by atoms with E-state index in [1.54, 1.807) is 0 Å². The van der Waals surface area contributed by atoms with Crippen LogP contribution in [0.25, 0.3) is 0 Å². The average Bonchev–Trinajstić information content (AvgIpc) is 3.87. The second kappa shape index (κ2) is 24.2. The number of hydrogen-bond donors (Lipinski definition) is 0. The fourth-order valence-electron chi connectivity index (χ4n) is 7.69. The van der Waals surface area contributed by atoms with Crippen LogP contribution in [-0.4, -0.2) is 132 Å². The molecule has 0 N–H and O–H groups in total. The second-order valence-corrected chi connectivity index (χ2v) is 28.9. The minimum absolute atomic E-state index is 0.0130. The van der Waals surface area contributed by atoms with Crippen molar-refractivity contribution in [2.45, 2.75) is 123 Å². The van der Waals surface area contributed by atoms with E-state index in [-0.39, 0.29) is 54.5 Å². The van der Waals surface area contributed by atoms with Crippen molar-refractivity contribution in [1.29, 1.82) is 0 Å². The molecule has 22 heteroatoms. The number of rotatable bonds is 23. The Morgan fingerprint density at radius 2 is 1.15 bits per heavy atom. The molecule has 1 aromatic carbocycles. The van der Waals surface area contributed by atoms with Crippen LogP contribution in [0.5, 0.6) is 0 Å². The van der Waals surface area contributed by atoms with E-state index >= 15 is 26.3 Å². The van der Waals surface area contributed by atoms with Crippen LogP contribution in [-0.2, 0) is 64.8 Å². The maximum Gasteiger partial charge on any atom is 0.335 e. The number of imide groups is 3. The van der Waals surface area contributed by atoms with Gasteiger partial charge in [-0.15, -0.1) is 5.06 Å². The van der Waals surface area contributed by atoms with Crippen molar-refractivity contribution in [3.8, 4) is 0 Å². The van der Waals surface area contributed by atoms with Gasteiger partial charge in [-0.25, -0.2) is 4.79 Å². The number of benzene rings is 1. The molecule has 0 unspecified atom stereocenters. The quantitative estimate of drug-likeness (QED) is 0.0555. The van der Waals surface area contributed by atoms with Crippen molar-refractivity contribution in [3.63, 3.8) is 0 Å². The van der Waals surface area contributed by atoms with Crippen LogP contribution in [0, 0.1) is 0 Å². The molecular weight excluding hydrogens is 981 g/mol. The van der Waals surface area contributed by atoms with Crippen LogP contribution in [0.2, 0.25) is 13.3 Å². The molecule has 0 saturated carbocycles. The number of carbonyl (C=O) groups is 8. The summed E-state index contributed by atoms with van der Waals surface area (Å²) in [6.45, 7) is 3.95. The molecule has 0 radical (unpaired) electrons. The molecule has 7 amide bonds. The van der Waals surface area contributed by atoms with Crippen LogP contribution >= 0.6 is 0 Å². The molecule has 3 aliphatic heterocycles. The van der Waals surface area contributed by atoms with E-state index in [1.165, 1.54) is 19.2 Å². The number of carbonyl (C=O) groups excluding carboxylic acids is 8. The number of hydrogen-bond acceptors (Lipinski definition) is 11. The third-order valence-corrected chi connectivity index (χ3v) is 26.9. The first kappa shape index (κ1) is 54.7. The van der Waals surface area contributed by atoms with Gasteiger partial charge in [-0.05, 0) is 0 Å². The zero-order valence-corrected chi connectivity index (χ0v) is 40.0. The topological polar surface area (TPSA) is 177 Å². The van der Waals surface area contributed by atoms with Gasteiger partial charge < -0.3 is 4.84 Å². The van der Waals surface area contributed by atoms with Crippen molar-refractivity contribution in [2.75, 3.05) is 34.0 Å². The third-order valence-electron chi connectivity index (χ3n) is 11.2. The van der Waals surface area contributed by atoms with E-state index in [2.05, 4.69) is 9.57 Å². The van der Waals surface area contributed by atoms with Gasteiger partial charge in [-0.2, -0.15) is 0 Å². The predicted octanol–water partition coefficient (Wildman–Crippen LogP) is 5.87. The minimum atomic E-state index is -5.89. The summed E-state index contributed by atoms with van der Waals surface area (Å²) in [5, 5.41) is 0.425. The SMILES string of the molecule is CCC[CH2][Sn]([CH2]CCC)([CH2]CCC)[c]1ccc(CN(C)C(=O)CCN2C(=O)C=CC2=O)cc1C(OCOC)(C(F)(F)F)C(F)(F)F.O=C(CCN1C(=O)C=CC1=O)ON1C(=O)CCC1=O. The second-order valence-electron chi connectivity index (χ2n) is 15.8. The summed E-state index contributed by atoms with van der Waals surface area (Å²) in [5.41, 5.74) is -5.55. The van der Waals surface area contributed by atoms with Gasteiger partial charge in [-0.3, -0.25) is 24.1 Å². The first-order chi connectivity index (χ1) is 30.5. The first-order valence-electron chi connectivity index (χ1n) is 21.3. The Morgan fingerprint density at radius 1 is 0.708 bits per heavy atom. The molecule has 3 heterocycles. The summed E-state index contributed by atoms with van der Waals surface area (Å²) in [7, 11) is 2.32. The van der Waals surface area contributed by atoms with Gasteiger partial charge in [0.05, 0.1) is 6.42 Å². The zero-order valence-electron chi connectivity index (χ0n) is 37.1. The number of halogens is 6. The van der Waals surface area contributed by atoms with Crippen molar-refractivity contribution in [3.05, 3.63) is 53.6 Å². The van der Waals surface area contributed by atoms with Gasteiger partial charge >= 0.3 is 278 Å². The standard InChI is InChI=1S/C20H19F6N2O5.C11H10N2O6.3C4H9.Sn/c1-27(15(29)8-9-28-16(30)6-7-17(28)31)11-13-4-3-5-14(10-13)18(19(21,22)23,20(24,25)26)33-12-32-2;14-7-1-2-8(15)12(7)6-5-11(18)19-13-9(16)3-4-10(13)17;3*1-3-4-2;/h3-4,6-7,10H,8-9,11-12H2,1-2H3;1-2H,3-6H2;3*1,3-4H2,2H3;. The van der Waals surface area contributed by atoms with Crippen LogP contribution in [0.1, 0.15) is 96.1 Å². The van der Waals surface area contributed by atoms with E-state index in [9.17, 15) is 38.4 Å². The molecule has 0 atom stereocenters. The molecule has 0 aliphatic carbocycles. The number of alkyl halides is 6. The van der Waals surface area contributed by atoms with Crippen molar-refractivity contribution in [1.82, 2.24) is 19.8 Å². The van der Waals surface area contributed by atoms with Gasteiger partial charge in [0.15, 0.2) is 0 Å². The van der Waals surface area contributed by atoms with E-state index in [0.29, 0.717) is 37.6 Å². The maximum absolute atomic E-state index is 15.0. The number of methoxy groups -OCH3 is 1. The molecule has 0 spiro atoms. The Labute approximate surface area is 377 Å². The number of unbranched alkanes of at least 4 members (excludes halogenated alkanes) is 3. The van der Waals surface area contributed by atoms with Gasteiger partial charge in [-0.1, -0.05) is 0 Å². The van der Waals surface area contributed by atoms with Gasteiger partial charge in [0.25, 0.3) is 23.6 Å². The van der Waals surface area contributed by atoms with E-state index in [0.717, 1.165) is 71.4 Å². The number of amides is 7. The number of ether oxygens (including phenoxy) is 2. The van der Waals surface area contributed by atoms with Crippen LogP contribution < -0.4 is 3.58 Å². The Hall–Kier alpha value is -4.64. The van der Waals surface area contributed by atoms with Crippen LogP contribution in [0.4, 0.5) is 26.3 Å².